The molecule has 2 aliphatic rings. The molecule has 2 unspecified atom stereocenters. The van der Waals surface area contributed by atoms with Crippen molar-refractivity contribution >= 4 is 23.7 Å². The normalized spacial score (nSPS) is 21.0. The molecule has 34 heavy (non-hydrogen) atoms. The van der Waals surface area contributed by atoms with Crippen LogP contribution in [0.2, 0.25) is 0 Å². The van der Waals surface area contributed by atoms with E-state index < -0.39 is 5.60 Å². The fourth-order valence-electron chi connectivity index (χ4n) is 4.75. The van der Waals surface area contributed by atoms with Crippen LogP contribution in [0.15, 0.2) is 35.5 Å². The van der Waals surface area contributed by atoms with E-state index in [1.807, 2.05) is 6.92 Å². The molecule has 1 aromatic heterocycles. The van der Waals surface area contributed by atoms with Crippen molar-refractivity contribution in [2.24, 2.45) is 10.9 Å². The van der Waals surface area contributed by atoms with E-state index >= 15 is 0 Å². The maximum atomic E-state index is 10.7. The highest BCUT2D eigenvalue weighted by Crippen LogP contribution is 2.35. The summed E-state index contributed by atoms with van der Waals surface area (Å²) in [4.78, 5) is 7.54. The third kappa shape index (κ3) is 5.02. The van der Waals surface area contributed by atoms with Gasteiger partial charge in [-0.25, -0.2) is 4.99 Å². The van der Waals surface area contributed by atoms with Crippen molar-refractivity contribution in [2.75, 3.05) is 6.54 Å². The van der Waals surface area contributed by atoms with Crippen molar-refractivity contribution < 1.29 is 10.2 Å². The lowest BCUT2D eigenvalue weighted by molar-refractivity contribution is 0.152. The lowest BCUT2D eigenvalue weighted by Gasteiger charge is -2.25. The number of aliphatic hydroxyl groups is 1. The predicted molar refractivity (Wildman–Crippen MR) is 139 cm³/mol. The third-order valence-corrected chi connectivity index (χ3v) is 7.09. The van der Waals surface area contributed by atoms with E-state index in [1.165, 1.54) is 16.7 Å². The Kier molecular flexibility index (Phi) is 6.80. The molecule has 1 fully saturated rings. The molecule has 0 spiro atoms. The molecular weight excluding hydrogens is 424 g/mol. The molecule has 1 aromatic carbocycles. The first-order valence-electron chi connectivity index (χ1n) is 12.2. The fourth-order valence-corrected chi connectivity index (χ4v) is 4.75. The Balaban J connectivity index is 1.66. The molecule has 180 valence electrons. The number of aromatic amines is 1. The molecule has 0 amide bonds. The summed E-state index contributed by atoms with van der Waals surface area (Å²) in [7, 11) is 0. The van der Waals surface area contributed by atoms with Crippen molar-refractivity contribution in [1.82, 2.24) is 10.3 Å². The summed E-state index contributed by atoms with van der Waals surface area (Å²) in [5, 5.41) is 33.7. The minimum atomic E-state index is -0.587. The van der Waals surface area contributed by atoms with Gasteiger partial charge in [0.1, 0.15) is 5.84 Å². The number of aromatic hydroxyl groups is 1. The monoisotopic (exact) mass is 460 g/mol. The minimum Gasteiger partial charge on any atom is -0.494 e. The number of nitrogens with one attached hydrogen (secondary N) is 3. The van der Waals surface area contributed by atoms with Gasteiger partial charge in [0.25, 0.3) is 0 Å². The average molecular weight is 461 g/mol. The highest BCUT2D eigenvalue weighted by Gasteiger charge is 2.39. The van der Waals surface area contributed by atoms with Crippen molar-refractivity contribution in [3.63, 3.8) is 0 Å². The van der Waals surface area contributed by atoms with Gasteiger partial charge in [-0.3, -0.25) is 5.41 Å². The Bertz CT molecular complexity index is 1260. The van der Waals surface area contributed by atoms with Crippen LogP contribution in [0.1, 0.15) is 68.2 Å². The molecule has 0 radical (unpaired) electrons. The van der Waals surface area contributed by atoms with E-state index in [-0.39, 0.29) is 17.6 Å². The molecule has 5 N–H and O–H groups in total. The molecule has 1 heterocycles. The Morgan fingerprint density at radius 2 is 2.06 bits per heavy atom. The summed E-state index contributed by atoms with van der Waals surface area (Å²) in [6.07, 6.45) is 11.3. The Hall–Kier alpha value is -3.12. The highest BCUT2D eigenvalue weighted by atomic mass is 16.3. The molecule has 0 bridgehead atoms. The van der Waals surface area contributed by atoms with E-state index in [0.29, 0.717) is 23.7 Å². The van der Waals surface area contributed by atoms with Gasteiger partial charge in [0.2, 0.25) is 0 Å². The summed E-state index contributed by atoms with van der Waals surface area (Å²) < 4.78 is 0. The number of rotatable bonds is 8. The Morgan fingerprint density at radius 3 is 2.74 bits per heavy atom. The molecular formula is C28H36N4O2. The van der Waals surface area contributed by atoms with Gasteiger partial charge < -0.3 is 20.5 Å². The van der Waals surface area contributed by atoms with Crippen LogP contribution in [-0.4, -0.2) is 38.9 Å². The standard InChI is InChI=1S/C28H36N4O2/c1-5-19-8-7-17(3)21(13-19)22-15-23-24(14-20(22)6-2)32-27(33)26(23)18(4)31-25(29)9-12-30-16-28(34)10-11-28/h7-9,12-15,20,22,29-30,32-34H,5-6,10-11,16H2,1-4H3/b12-9-,29-25?,31-18?. The van der Waals surface area contributed by atoms with E-state index in [2.05, 4.69) is 66.4 Å². The number of H-pyrrole nitrogens is 1. The SMILES string of the molecule is CCc1ccc(C)c(C2C=c3c(C(C)=NC(=N)/C=C\NCC4(O)CC4)c(O)[nH]c3=CC2CC)c1. The van der Waals surface area contributed by atoms with Crippen LogP contribution in [0.25, 0.3) is 12.2 Å². The second kappa shape index (κ2) is 9.63. The summed E-state index contributed by atoms with van der Waals surface area (Å²) >= 11 is 0. The largest absolute Gasteiger partial charge is 0.494 e. The van der Waals surface area contributed by atoms with Crippen LogP contribution in [0, 0.1) is 18.3 Å². The number of nitrogens with zero attached hydrogens (tertiary/aromatic N) is 1. The van der Waals surface area contributed by atoms with Gasteiger partial charge in [0.05, 0.1) is 16.9 Å². The van der Waals surface area contributed by atoms with Gasteiger partial charge >= 0.3 is 0 Å². The van der Waals surface area contributed by atoms with Gasteiger partial charge in [-0.05, 0) is 68.2 Å². The lowest BCUT2D eigenvalue weighted by atomic mass is 9.78. The minimum absolute atomic E-state index is 0.0800. The van der Waals surface area contributed by atoms with E-state index in [0.717, 1.165) is 36.3 Å². The van der Waals surface area contributed by atoms with Gasteiger partial charge in [-0.1, -0.05) is 44.2 Å². The molecule has 4 rings (SSSR count). The van der Waals surface area contributed by atoms with Crippen LogP contribution in [0.3, 0.4) is 0 Å². The van der Waals surface area contributed by atoms with Crippen molar-refractivity contribution in [1.29, 1.82) is 5.41 Å². The van der Waals surface area contributed by atoms with Crippen LogP contribution in [0.4, 0.5) is 0 Å². The molecule has 6 nitrogen and oxygen atoms in total. The number of aliphatic imine (C=N–C) groups is 1. The molecule has 2 aliphatic carbocycles. The number of benzene rings is 1. The highest BCUT2D eigenvalue weighted by molar-refractivity contribution is 6.09. The first kappa shape index (κ1) is 24.0. The van der Waals surface area contributed by atoms with E-state index in [4.69, 9.17) is 5.41 Å². The second-order valence-electron chi connectivity index (χ2n) is 9.67. The van der Waals surface area contributed by atoms with Crippen LogP contribution < -0.4 is 15.9 Å². The van der Waals surface area contributed by atoms with E-state index in [1.54, 1.807) is 12.3 Å². The first-order valence-corrected chi connectivity index (χ1v) is 12.2. The summed E-state index contributed by atoms with van der Waals surface area (Å²) in [5.74, 6) is 0.702. The smallest absolute Gasteiger partial charge is 0.198 e. The number of aryl methyl sites for hydroxylation is 2. The molecule has 6 heteroatoms. The van der Waals surface area contributed by atoms with E-state index in [9.17, 15) is 10.2 Å². The average Bonchev–Trinajstić information content (AvgIpc) is 3.45. The molecule has 1 saturated carbocycles. The predicted octanol–water partition coefficient (Wildman–Crippen LogP) is 3.39. The molecule has 0 aliphatic heterocycles. The lowest BCUT2D eigenvalue weighted by Crippen LogP contribution is -2.34. The third-order valence-electron chi connectivity index (χ3n) is 7.09. The summed E-state index contributed by atoms with van der Waals surface area (Å²) in [6.45, 7) is 8.84. The first-order chi connectivity index (χ1) is 16.2. The van der Waals surface area contributed by atoms with Crippen molar-refractivity contribution in [2.45, 2.75) is 64.9 Å². The molecule has 0 saturated heterocycles. The van der Waals surface area contributed by atoms with Crippen LogP contribution in [0.5, 0.6) is 5.88 Å². The Morgan fingerprint density at radius 1 is 1.29 bits per heavy atom. The van der Waals surface area contributed by atoms with Gasteiger partial charge in [0, 0.05) is 29.2 Å². The van der Waals surface area contributed by atoms with Gasteiger partial charge in [-0.2, -0.15) is 0 Å². The zero-order valence-corrected chi connectivity index (χ0v) is 20.6. The maximum Gasteiger partial charge on any atom is 0.198 e. The quantitative estimate of drug-likeness (QED) is 0.308. The van der Waals surface area contributed by atoms with Crippen LogP contribution in [-0.2, 0) is 6.42 Å². The number of hydrogen-bond acceptors (Lipinski definition) is 4. The van der Waals surface area contributed by atoms with Crippen molar-refractivity contribution in [3.8, 4) is 5.88 Å². The molecule has 2 atom stereocenters. The number of amidine groups is 1. The van der Waals surface area contributed by atoms with Crippen LogP contribution >= 0.6 is 0 Å². The maximum absolute atomic E-state index is 10.7. The van der Waals surface area contributed by atoms with Crippen molar-refractivity contribution in [3.05, 3.63) is 63.3 Å². The van der Waals surface area contributed by atoms with Gasteiger partial charge in [0.15, 0.2) is 5.88 Å². The fraction of sp³-hybridized carbons (Fsp3) is 0.429. The summed E-state index contributed by atoms with van der Waals surface area (Å²) in [5.41, 5.74) is 4.57. The zero-order chi connectivity index (χ0) is 24.5. The Labute approximate surface area is 201 Å². The topological polar surface area (TPSA) is 104 Å². The number of aromatic nitrogens is 1. The second-order valence-corrected chi connectivity index (χ2v) is 9.67. The zero-order valence-electron chi connectivity index (χ0n) is 20.6. The number of hydrogen-bond donors (Lipinski definition) is 5. The molecule has 2 aromatic rings. The summed E-state index contributed by atoms with van der Waals surface area (Å²) in [6, 6.07) is 6.72. The number of fused-ring (bicyclic) bond motifs is 1. The van der Waals surface area contributed by atoms with Gasteiger partial charge in [-0.15, -0.1) is 0 Å².